The van der Waals surface area contributed by atoms with E-state index in [1.807, 2.05) is 30.5 Å². The highest BCUT2D eigenvalue weighted by Gasteiger charge is 2.25. The molecule has 1 aromatic heterocycles. The van der Waals surface area contributed by atoms with E-state index in [2.05, 4.69) is 16.0 Å². The first-order chi connectivity index (χ1) is 11.6. The van der Waals surface area contributed by atoms with Crippen molar-refractivity contribution in [3.05, 3.63) is 52.2 Å². The smallest absolute Gasteiger partial charge is 0.253 e. The monoisotopic (exact) mass is 343 g/mol. The van der Waals surface area contributed by atoms with Gasteiger partial charge >= 0.3 is 0 Å². The predicted molar refractivity (Wildman–Crippen MR) is 96.3 cm³/mol. The van der Waals surface area contributed by atoms with E-state index in [4.69, 9.17) is 0 Å². The number of carbonyl (C=O) groups excluding carboxylic acids is 2. The molecule has 24 heavy (non-hydrogen) atoms. The molecular formula is C18H21N3O2S. The molecule has 126 valence electrons. The Bertz CT molecular complexity index is 711. The van der Waals surface area contributed by atoms with Gasteiger partial charge in [0.1, 0.15) is 0 Å². The lowest BCUT2D eigenvalue weighted by Gasteiger charge is -2.14. The SMILES string of the molecule is C[C@H](NCC(=O)Nc1ccccc1C(=O)NC1CC1)c1cccs1. The highest BCUT2D eigenvalue weighted by atomic mass is 32.1. The molecule has 0 radical (unpaired) electrons. The molecule has 1 fully saturated rings. The lowest BCUT2D eigenvalue weighted by Crippen LogP contribution is -2.31. The maximum Gasteiger partial charge on any atom is 0.253 e. The molecule has 3 N–H and O–H groups in total. The summed E-state index contributed by atoms with van der Waals surface area (Å²) in [7, 11) is 0. The fraction of sp³-hybridized carbons (Fsp3) is 0.333. The lowest BCUT2D eigenvalue weighted by atomic mass is 10.1. The summed E-state index contributed by atoms with van der Waals surface area (Å²) in [5.41, 5.74) is 1.05. The molecule has 6 heteroatoms. The quantitative estimate of drug-likeness (QED) is 0.724. The van der Waals surface area contributed by atoms with Crippen LogP contribution in [0.2, 0.25) is 0 Å². The number of hydrogen-bond acceptors (Lipinski definition) is 4. The Kier molecular flexibility index (Phi) is 5.27. The third-order valence-corrected chi connectivity index (χ3v) is 4.95. The highest BCUT2D eigenvalue weighted by molar-refractivity contribution is 7.10. The van der Waals surface area contributed by atoms with Gasteiger partial charge in [0.2, 0.25) is 5.91 Å². The Morgan fingerprint density at radius 2 is 2.00 bits per heavy atom. The molecule has 2 amide bonds. The normalized spacial score (nSPS) is 14.9. The summed E-state index contributed by atoms with van der Waals surface area (Å²) in [6.45, 7) is 2.22. The van der Waals surface area contributed by atoms with E-state index >= 15 is 0 Å². The van der Waals surface area contributed by atoms with Crippen molar-refractivity contribution < 1.29 is 9.59 Å². The summed E-state index contributed by atoms with van der Waals surface area (Å²) in [6, 6.07) is 11.5. The second-order valence-corrected chi connectivity index (χ2v) is 6.94. The topological polar surface area (TPSA) is 70.2 Å². The second kappa shape index (κ2) is 7.59. The first-order valence-corrected chi connectivity index (χ1v) is 8.98. The molecule has 0 unspecified atom stereocenters. The Labute approximate surface area is 145 Å². The summed E-state index contributed by atoms with van der Waals surface area (Å²) in [4.78, 5) is 25.6. The predicted octanol–water partition coefficient (Wildman–Crippen LogP) is 2.93. The van der Waals surface area contributed by atoms with Crippen LogP contribution in [0.3, 0.4) is 0 Å². The molecule has 1 saturated carbocycles. The Morgan fingerprint density at radius 1 is 1.21 bits per heavy atom. The zero-order valence-electron chi connectivity index (χ0n) is 13.5. The fourth-order valence-electron chi connectivity index (χ4n) is 2.36. The van der Waals surface area contributed by atoms with Crippen molar-refractivity contribution in [1.29, 1.82) is 0 Å². The van der Waals surface area contributed by atoms with Gasteiger partial charge in [-0.25, -0.2) is 0 Å². The van der Waals surface area contributed by atoms with E-state index in [0.29, 0.717) is 11.3 Å². The fourth-order valence-corrected chi connectivity index (χ4v) is 3.12. The summed E-state index contributed by atoms with van der Waals surface area (Å²) in [6.07, 6.45) is 2.07. The summed E-state index contributed by atoms with van der Waals surface area (Å²) < 4.78 is 0. The molecule has 1 aromatic carbocycles. The minimum absolute atomic E-state index is 0.115. The maximum absolute atomic E-state index is 12.2. The zero-order valence-corrected chi connectivity index (χ0v) is 14.4. The number of para-hydroxylation sites is 1. The highest BCUT2D eigenvalue weighted by Crippen LogP contribution is 2.22. The summed E-state index contributed by atoms with van der Waals surface area (Å²) in [5, 5.41) is 11.0. The number of carbonyl (C=O) groups is 2. The van der Waals surface area contributed by atoms with Gasteiger partial charge in [0.15, 0.2) is 0 Å². The van der Waals surface area contributed by atoms with Crippen molar-refractivity contribution in [3.63, 3.8) is 0 Å². The van der Waals surface area contributed by atoms with Crippen molar-refractivity contribution in [1.82, 2.24) is 10.6 Å². The van der Waals surface area contributed by atoms with Gasteiger partial charge in [0, 0.05) is 17.0 Å². The summed E-state index contributed by atoms with van der Waals surface area (Å²) in [5.74, 6) is -0.293. The van der Waals surface area contributed by atoms with Crippen LogP contribution in [-0.4, -0.2) is 24.4 Å². The number of amides is 2. The standard InChI is InChI=1S/C18H21N3O2S/c1-12(16-7-4-10-24-16)19-11-17(22)21-15-6-3-2-5-14(15)18(23)20-13-8-9-13/h2-7,10,12-13,19H,8-9,11H2,1H3,(H,20,23)(H,21,22)/t12-/m0/s1. The van der Waals surface area contributed by atoms with Crippen molar-refractivity contribution in [3.8, 4) is 0 Å². The minimum atomic E-state index is -0.162. The Morgan fingerprint density at radius 3 is 2.71 bits per heavy atom. The van der Waals surface area contributed by atoms with E-state index in [1.165, 1.54) is 4.88 Å². The van der Waals surface area contributed by atoms with Crippen LogP contribution in [0.15, 0.2) is 41.8 Å². The second-order valence-electron chi connectivity index (χ2n) is 5.96. The molecule has 1 atom stereocenters. The van der Waals surface area contributed by atoms with Gasteiger partial charge in [0.25, 0.3) is 5.91 Å². The zero-order chi connectivity index (χ0) is 16.9. The van der Waals surface area contributed by atoms with Crippen LogP contribution < -0.4 is 16.0 Å². The van der Waals surface area contributed by atoms with E-state index < -0.39 is 0 Å². The van der Waals surface area contributed by atoms with E-state index in [9.17, 15) is 9.59 Å². The van der Waals surface area contributed by atoms with Crippen LogP contribution in [0.25, 0.3) is 0 Å². The Hall–Kier alpha value is -2.18. The third-order valence-electron chi connectivity index (χ3n) is 3.90. The molecule has 0 saturated heterocycles. The molecule has 1 heterocycles. The number of anilines is 1. The lowest BCUT2D eigenvalue weighted by molar-refractivity contribution is -0.115. The number of benzene rings is 1. The van der Waals surface area contributed by atoms with E-state index in [1.54, 1.807) is 29.5 Å². The molecule has 1 aliphatic rings. The van der Waals surface area contributed by atoms with Crippen molar-refractivity contribution in [2.45, 2.75) is 31.8 Å². The molecule has 0 spiro atoms. The summed E-state index contributed by atoms with van der Waals surface area (Å²) >= 11 is 1.66. The number of thiophene rings is 1. The molecule has 5 nitrogen and oxygen atoms in total. The van der Waals surface area contributed by atoms with E-state index in [-0.39, 0.29) is 30.4 Å². The van der Waals surface area contributed by atoms with Crippen LogP contribution in [0.1, 0.15) is 41.0 Å². The first kappa shape index (κ1) is 16.7. The molecule has 1 aliphatic carbocycles. The molecule has 0 bridgehead atoms. The Balaban J connectivity index is 1.56. The van der Waals surface area contributed by atoms with Gasteiger partial charge in [-0.2, -0.15) is 0 Å². The van der Waals surface area contributed by atoms with E-state index in [0.717, 1.165) is 12.8 Å². The first-order valence-electron chi connectivity index (χ1n) is 8.10. The minimum Gasteiger partial charge on any atom is -0.349 e. The molecular weight excluding hydrogens is 322 g/mol. The van der Waals surface area contributed by atoms with Gasteiger partial charge in [-0.1, -0.05) is 18.2 Å². The molecule has 2 aromatic rings. The van der Waals surface area contributed by atoms with Crippen molar-refractivity contribution in [2.75, 3.05) is 11.9 Å². The van der Waals surface area contributed by atoms with Gasteiger partial charge in [-0.3, -0.25) is 9.59 Å². The number of nitrogens with one attached hydrogen (secondary N) is 3. The van der Waals surface area contributed by atoms with Crippen LogP contribution in [-0.2, 0) is 4.79 Å². The average molecular weight is 343 g/mol. The van der Waals surface area contributed by atoms with Crippen LogP contribution in [0.5, 0.6) is 0 Å². The van der Waals surface area contributed by atoms with Crippen LogP contribution in [0.4, 0.5) is 5.69 Å². The van der Waals surface area contributed by atoms with Crippen LogP contribution in [0, 0.1) is 0 Å². The van der Waals surface area contributed by atoms with Gasteiger partial charge in [-0.15, -0.1) is 11.3 Å². The van der Waals surface area contributed by atoms with Crippen molar-refractivity contribution in [2.24, 2.45) is 0 Å². The third kappa shape index (κ3) is 4.43. The number of hydrogen-bond donors (Lipinski definition) is 3. The molecule has 3 rings (SSSR count). The average Bonchev–Trinajstić information content (AvgIpc) is 3.22. The largest absolute Gasteiger partial charge is 0.349 e. The van der Waals surface area contributed by atoms with Gasteiger partial charge < -0.3 is 16.0 Å². The number of rotatable bonds is 7. The van der Waals surface area contributed by atoms with Gasteiger partial charge in [-0.05, 0) is 43.3 Å². The van der Waals surface area contributed by atoms with Gasteiger partial charge in [0.05, 0.1) is 17.8 Å². The van der Waals surface area contributed by atoms with Crippen LogP contribution >= 0.6 is 11.3 Å². The molecule has 0 aliphatic heterocycles. The van der Waals surface area contributed by atoms with Crippen molar-refractivity contribution >= 4 is 28.8 Å². The maximum atomic E-state index is 12.2.